The summed E-state index contributed by atoms with van der Waals surface area (Å²) in [6.45, 7) is 9.27. The molecule has 2 rings (SSSR count). The van der Waals surface area contributed by atoms with Gasteiger partial charge in [0.05, 0.1) is 6.54 Å². The van der Waals surface area contributed by atoms with Gasteiger partial charge in [0.2, 0.25) is 0 Å². The van der Waals surface area contributed by atoms with E-state index in [1.165, 1.54) is 5.56 Å². The largest absolute Gasteiger partial charge is 0.492 e. The second-order valence-electron chi connectivity index (χ2n) is 6.42. The number of nitrogens with zero attached hydrogens (tertiary/aromatic N) is 1. The maximum atomic E-state index is 12.2. The lowest BCUT2D eigenvalue weighted by Crippen LogP contribution is -2.30. The molecule has 1 amide bonds. The second kappa shape index (κ2) is 10.2. The van der Waals surface area contributed by atoms with Crippen LogP contribution in [-0.4, -0.2) is 36.5 Å². The average molecular weight is 375 g/mol. The summed E-state index contributed by atoms with van der Waals surface area (Å²) in [5.74, 6) is 0.601. The van der Waals surface area contributed by atoms with Gasteiger partial charge in [-0.3, -0.25) is 9.69 Å². The Labute approximate surface area is 161 Å². The second-order valence-corrected chi connectivity index (χ2v) is 6.85. The predicted octanol–water partition coefficient (Wildman–Crippen LogP) is 4.38. The normalized spacial score (nSPS) is 11.0. The SMILES string of the molecule is CCN(Cc1ccc(C(=O)NCCOc2cccc(Cl)c2)cc1)C(C)C. The van der Waals surface area contributed by atoms with E-state index in [1.54, 1.807) is 12.1 Å². The first-order valence-corrected chi connectivity index (χ1v) is 9.37. The minimum absolute atomic E-state index is 0.0950. The number of carbonyl (C=O) groups excluding carboxylic acids is 1. The summed E-state index contributed by atoms with van der Waals surface area (Å²) in [7, 11) is 0. The van der Waals surface area contributed by atoms with Crippen molar-refractivity contribution in [1.82, 2.24) is 10.2 Å². The van der Waals surface area contributed by atoms with Crippen LogP contribution in [0.5, 0.6) is 5.75 Å². The molecule has 0 saturated heterocycles. The quantitative estimate of drug-likeness (QED) is 0.662. The number of benzene rings is 2. The van der Waals surface area contributed by atoms with Crippen molar-refractivity contribution in [3.63, 3.8) is 0 Å². The third-order valence-electron chi connectivity index (χ3n) is 4.19. The van der Waals surface area contributed by atoms with Gasteiger partial charge < -0.3 is 10.1 Å². The minimum atomic E-state index is -0.0950. The zero-order chi connectivity index (χ0) is 18.9. The van der Waals surface area contributed by atoms with Crippen LogP contribution in [0.1, 0.15) is 36.7 Å². The van der Waals surface area contributed by atoms with Gasteiger partial charge in [0.15, 0.2) is 0 Å². The van der Waals surface area contributed by atoms with Gasteiger partial charge >= 0.3 is 0 Å². The van der Waals surface area contributed by atoms with Crippen LogP contribution in [-0.2, 0) is 6.54 Å². The summed E-state index contributed by atoms with van der Waals surface area (Å²) in [5, 5.41) is 3.50. The third-order valence-corrected chi connectivity index (χ3v) is 4.43. The lowest BCUT2D eigenvalue weighted by Gasteiger charge is -2.24. The molecule has 0 atom stereocenters. The Balaban J connectivity index is 1.78. The minimum Gasteiger partial charge on any atom is -0.492 e. The first-order chi connectivity index (χ1) is 12.5. The number of carbonyl (C=O) groups is 1. The third kappa shape index (κ3) is 6.36. The number of nitrogens with one attached hydrogen (secondary N) is 1. The molecule has 0 fully saturated rings. The van der Waals surface area contributed by atoms with Gasteiger partial charge in [0, 0.05) is 23.2 Å². The van der Waals surface area contributed by atoms with Crippen LogP contribution in [0, 0.1) is 0 Å². The van der Waals surface area contributed by atoms with Crippen molar-refractivity contribution in [3.05, 3.63) is 64.7 Å². The fourth-order valence-corrected chi connectivity index (χ4v) is 2.83. The summed E-state index contributed by atoms with van der Waals surface area (Å²) in [5.41, 5.74) is 1.87. The van der Waals surface area contributed by atoms with Crippen molar-refractivity contribution in [1.29, 1.82) is 0 Å². The van der Waals surface area contributed by atoms with Crippen LogP contribution in [0.4, 0.5) is 0 Å². The standard InChI is InChI=1S/C21H27ClN2O2/c1-4-24(16(2)3)15-17-8-10-18(11-9-17)21(25)23-12-13-26-20-7-5-6-19(22)14-20/h5-11,14,16H,4,12-13,15H2,1-3H3,(H,23,25). The molecule has 0 aromatic heterocycles. The smallest absolute Gasteiger partial charge is 0.251 e. The van der Waals surface area contributed by atoms with E-state index in [0.717, 1.165) is 13.1 Å². The van der Waals surface area contributed by atoms with E-state index in [4.69, 9.17) is 16.3 Å². The molecule has 0 radical (unpaired) electrons. The van der Waals surface area contributed by atoms with E-state index in [0.29, 0.717) is 35.5 Å². The monoisotopic (exact) mass is 374 g/mol. The Bertz CT molecular complexity index is 701. The maximum Gasteiger partial charge on any atom is 0.251 e. The molecule has 0 spiro atoms. The molecule has 4 nitrogen and oxygen atoms in total. The molecule has 140 valence electrons. The Morgan fingerprint density at radius 1 is 1.19 bits per heavy atom. The number of hydrogen-bond acceptors (Lipinski definition) is 3. The molecule has 0 saturated carbocycles. The van der Waals surface area contributed by atoms with Crippen LogP contribution in [0.2, 0.25) is 5.02 Å². The van der Waals surface area contributed by atoms with Crippen LogP contribution in [0.3, 0.4) is 0 Å². The van der Waals surface area contributed by atoms with Crippen molar-refractivity contribution in [2.45, 2.75) is 33.4 Å². The van der Waals surface area contributed by atoms with E-state index in [1.807, 2.05) is 36.4 Å². The van der Waals surface area contributed by atoms with Crippen LogP contribution in [0.15, 0.2) is 48.5 Å². The van der Waals surface area contributed by atoms with Crippen LogP contribution in [0.25, 0.3) is 0 Å². The zero-order valence-electron chi connectivity index (χ0n) is 15.7. The summed E-state index contributed by atoms with van der Waals surface area (Å²) in [6.07, 6.45) is 0. The molecule has 1 N–H and O–H groups in total. The molecule has 2 aromatic carbocycles. The molecule has 0 aliphatic heterocycles. The molecule has 5 heteroatoms. The lowest BCUT2D eigenvalue weighted by molar-refractivity contribution is 0.0947. The first kappa shape index (κ1) is 20.3. The maximum absolute atomic E-state index is 12.2. The predicted molar refractivity (Wildman–Crippen MR) is 107 cm³/mol. The highest BCUT2D eigenvalue weighted by Crippen LogP contribution is 2.16. The molecule has 26 heavy (non-hydrogen) atoms. The topological polar surface area (TPSA) is 41.6 Å². The van der Waals surface area contributed by atoms with Gasteiger partial charge in [-0.25, -0.2) is 0 Å². The first-order valence-electron chi connectivity index (χ1n) is 8.99. The molecule has 0 unspecified atom stereocenters. The van der Waals surface area contributed by atoms with E-state index in [2.05, 4.69) is 31.0 Å². The van der Waals surface area contributed by atoms with Crippen molar-refractivity contribution in [2.75, 3.05) is 19.7 Å². The fourth-order valence-electron chi connectivity index (χ4n) is 2.65. The molecular weight excluding hydrogens is 348 g/mol. The van der Waals surface area contributed by atoms with Gasteiger partial charge in [-0.1, -0.05) is 36.7 Å². The molecule has 0 heterocycles. The highest BCUT2D eigenvalue weighted by molar-refractivity contribution is 6.30. The van der Waals surface area contributed by atoms with E-state index in [9.17, 15) is 4.79 Å². The summed E-state index contributed by atoms with van der Waals surface area (Å²) in [4.78, 5) is 14.6. The van der Waals surface area contributed by atoms with Crippen LogP contribution >= 0.6 is 11.6 Å². The van der Waals surface area contributed by atoms with Crippen molar-refractivity contribution < 1.29 is 9.53 Å². The number of halogens is 1. The fraction of sp³-hybridized carbons (Fsp3) is 0.381. The molecule has 0 aliphatic rings. The van der Waals surface area contributed by atoms with Gasteiger partial charge in [-0.2, -0.15) is 0 Å². The van der Waals surface area contributed by atoms with E-state index >= 15 is 0 Å². The molecular formula is C21H27ClN2O2. The number of ether oxygens (including phenoxy) is 1. The number of rotatable bonds is 9. The van der Waals surface area contributed by atoms with E-state index < -0.39 is 0 Å². The van der Waals surface area contributed by atoms with Gasteiger partial charge in [-0.15, -0.1) is 0 Å². The average Bonchev–Trinajstić information content (AvgIpc) is 2.63. The highest BCUT2D eigenvalue weighted by atomic mass is 35.5. The van der Waals surface area contributed by atoms with Crippen molar-refractivity contribution >= 4 is 17.5 Å². The molecule has 0 aliphatic carbocycles. The van der Waals surface area contributed by atoms with Gasteiger partial charge in [-0.05, 0) is 56.3 Å². The Hall–Kier alpha value is -2.04. The Morgan fingerprint density at radius 2 is 1.92 bits per heavy atom. The van der Waals surface area contributed by atoms with Crippen molar-refractivity contribution in [3.8, 4) is 5.75 Å². The highest BCUT2D eigenvalue weighted by Gasteiger charge is 2.09. The Kier molecular flexibility index (Phi) is 7.95. The van der Waals surface area contributed by atoms with E-state index in [-0.39, 0.29) is 5.91 Å². The zero-order valence-corrected chi connectivity index (χ0v) is 16.4. The van der Waals surface area contributed by atoms with Crippen molar-refractivity contribution in [2.24, 2.45) is 0 Å². The molecule has 2 aromatic rings. The summed E-state index contributed by atoms with van der Waals surface area (Å²) in [6, 6.07) is 15.5. The van der Waals surface area contributed by atoms with Crippen LogP contribution < -0.4 is 10.1 Å². The van der Waals surface area contributed by atoms with Gasteiger partial charge in [0.25, 0.3) is 5.91 Å². The number of amides is 1. The number of hydrogen-bond donors (Lipinski definition) is 1. The molecule has 0 bridgehead atoms. The van der Waals surface area contributed by atoms with Gasteiger partial charge in [0.1, 0.15) is 12.4 Å². The summed E-state index contributed by atoms with van der Waals surface area (Å²) < 4.78 is 5.57. The lowest BCUT2D eigenvalue weighted by atomic mass is 10.1. The summed E-state index contributed by atoms with van der Waals surface area (Å²) >= 11 is 5.91. The Morgan fingerprint density at radius 3 is 2.54 bits per heavy atom.